The van der Waals surface area contributed by atoms with Crippen LogP contribution in [-0.2, 0) is 11.2 Å². The monoisotopic (exact) mass is 336 g/mol. The van der Waals surface area contributed by atoms with Crippen molar-refractivity contribution in [3.63, 3.8) is 0 Å². The molecule has 0 aliphatic heterocycles. The predicted octanol–water partition coefficient (Wildman–Crippen LogP) is 4.46. The average Bonchev–Trinajstić information content (AvgIpc) is 3.05. The van der Waals surface area contributed by atoms with Crippen molar-refractivity contribution in [1.29, 1.82) is 0 Å². The Kier molecular flexibility index (Phi) is 5.06. The van der Waals surface area contributed by atoms with E-state index in [2.05, 4.69) is 54.0 Å². The third-order valence-corrected chi connectivity index (χ3v) is 4.79. The van der Waals surface area contributed by atoms with Gasteiger partial charge in [0.25, 0.3) is 0 Å². The summed E-state index contributed by atoms with van der Waals surface area (Å²) in [6.45, 7) is 4.32. The second kappa shape index (κ2) is 7.41. The molecular formula is C20H20N2OS. The molecule has 4 heteroatoms. The van der Waals surface area contributed by atoms with Crippen LogP contribution in [0.25, 0.3) is 21.8 Å². The molecule has 1 heterocycles. The van der Waals surface area contributed by atoms with Crippen LogP contribution in [0.15, 0.2) is 53.9 Å². The van der Waals surface area contributed by atoms with Crippen LogP contribution in [0.1, 0.15) is 18.1 Å². The lowest BCUT2D eigenvalue weighted by Gasteiger charge is -2.04. The number of aryl methyl sites for hydroxylation is 1. The van der Waals surface area contributed by atoms with Crippen LogP contribution in [0.2, 0.25) is 0 Å². The molecule has 122 valence electrons. The Hall–Kier alpha value is -2.46. The fraction of sp³-hybridized carbons (Fsp3) is 0.200. The van der Waals surface area contributed by atoms with Gasteiger partial charge < -0.3 is 5.32 Å². The zero-order valence-electron chi connectivity index (χ0n) is 13.9. The summed E-state index contributed by atoms with van der Waals surface area (Å²) in [5.74, 6) is 0.0119. The second-order valence-corrected chi connectivity index (χ2v) is 6.64. The lowest BCUT2D eigenvalue weighted by Crippen LogP contribution is -2.22. The van der Waals surface area contributed by atoms with E-state index in [1.165, 1.54) is 23.6 Å². The van der Waals surface area contributed by atoms with Crippen LogP contribution >= 0.6 is 11.3 Å². The summed E-state index contributed by atoms with van der Waals surface area (Å²) in [4.78, 5) is 15.7. The molecule has 0 bridgehead atoms. The zero-order chi connectivity index (χ0) is 16.9. The maximum absolute atomic E-state index is 10.9. The van der Waals surface area contributed by atoms with Gasteiger partial charge in [-0.2, -0.15) is 0 Å². The molecule has 0 saturated heterocycles. The van der Waals surface area contributed by atoms with Crippen molar-refractivity contribution >= 4 is 17.2 Å². The molecule has 0 fully saturated rings. The summed E-state index contributed by atoms with van der Waals surface area (Å²) in [7, 11) is 0. The number of thiazole rings is 1. The number of carbonyl (C=O) groups is 1. The standard InChI is InChI=1S/C20H20N2OS/c1-14-5-3-4-6-18(14)20-22-19(13-24-20)17-9-7-16(8-10-17)11-12-21-15(2)23/h3-10,13H,11-12H2,1-2H3,(H,21,23). The van der Waals surface area contributed by atoms with Crippen molar-refractivity contribution < 1.29 is 4.79 Å². The normalized spacial score (nSPS) is 10.6. The molecule has 1 aromatic heterocycles. The first-order chi connectivity index (χ1) is 11.6. The van der Waals surface area contributed by atoms with Crippen molar-refractivity contribution in [2.45, 2.75) is 20.3 Å². The van der Waals surface area contributed by atoms with Gasteiger partial charge in [0.1, 0.15) is 5.01 Å². The van der Waals surface area contributed by atoms with Crippen molar-refractivity contribution in [2.75, 3.05) is 6.54 Å². The Morgan fingerprint density at radius 1 is 1.12 bits per heavy atom. The van der Waals surface area contributed by atoms with Gasteiger partial charge in [0.15, 0.2) is 0 Å². The molecule has 0 unspecified atom stereocenters. The number of amides is 1. The molecule has 0 spiro atoms. The van der Waals surface area contributed by atoms with Gasteiger partial charge in [-0.25, -0.2) is 4.98 Å². The van der Waals surface area contributed by atoms with E-state index in [1.54, 1.807) is 11.3 Å². The molecule has 0 radical (unpaired) electrons. The summed E-state index contributed by atoms with van der Waals surface area (Å²) in [6, 6.07) is 16.7. The molecular weight excluding hydrogens is 316 g/mol. The first kappa shape index (κ1) is 16.4. The van der Waals surface area contributed by atoms with Crippen LogP contribution in [0.4, 0.5) is 0 Å². The Bertz CT molecular complexity index is 837. The topological polar surface area (TPSA) is 42.0 Å². The first-order valence-corrected chi connectivity index (χ1v) is 8.87. The van der Waals surface area contributed by atoms with Gasteiger partial charge in [-0.3, -0.25) is 4.79 Å². The van der Waals surface area contributed by atoms with Crippen LogP contribution in [0, 0.1) is 6.92 Å². The van der Waals surface area contributed by atoms with Gasteiger partial charge in [-0.1, -0.05) is 48.5 Å². The number of aromatic nitrogens is 1. The van der Waals surface area contributed by atoms with E-state index in [-0.39, 0.29) is 5.91 Å². The third kappa shape index (κ3) is 3.89. The van der Waals surface area contributed by atoms with E-state index < -0.39 is 0 Å². The highest BCUT2D eigenvalue weighted by atomic mass is 32.1. The Morgan fingerprint density at radius 3 is 2.58 bits per heavy atom. The predicted molar refractivity (Wildman–Crippen MR) is 100 cm³/mol. The van der Waals surface area contributed by atoms with E-state index in [1.807, 2.05) is 12.1 Å². The molecule has 1 N–H and O–H groups in total. The molecule has 0 aliphatic carbocycles. The summed E-state index contributed by atoms with van der Waals surface area (Å²) in [5, 5.41) is 5.98. The summed E-state index contributed by atoms with van der Waals surface area (Å²) in [6.07, 6.45) is 0.839. The average molecular weight is 336 g/mol. The molecule has 3 rings (SSSR count). The highest BCUT2D eigenvalue weighted by Gasteiger charge is 2.08. The Labute approximate surface area is 146 Å². The molecule has 0 atom stereocenters. The fourth-order valence-corrected chi connectivity index (χ4v) is 3.49. The Morgan fingerprint density at radius 2 is 1.88 bits per heavy atom. The maximum Gasteiger partial charge on any atom is 0.216 e. The first-order valence-electron chi connectivity index (χ1n) is 7.99. The summed E-state index contributed by atoms with van der Waals surface area (Å²) >= 11 is 1.67. The van der Waals surface area contributed by atoms with E-state index in [9.17, 15) is 4.79 Å². The molecule has 3 nitrogen and oxygen atoms in total. The van der Waals surface area contributed by atoms with E-state index >= 15 is 0 Å². The number of rotatable bonds is 5. The molecule has 3 aromatic rings. The van der Waals surface area contributed by atoms with Gasteiger partial charge >= 0.3 is 0 Å². The quantitative estimate of drug-likeness (QED) is 0.747. The lowest BCUT2D eigenvalue weighted by atomic mass is 10.1. The maximum atomic E-state index is 10.9. The van der Waals surface area contributed by atoms with Crippen LogP contribution in [0.3, 0.4) is 0 Å². The van der Waals surface area contributed by atoms with Crippen LogP contribution < -0.4 is 5.32 Å². The highest BCUT2D eigenvalue weighted by Crippen LogP contribution is 2.30. The Balaban J connectivity index is 1.73. The van der Waals surface area contributed by atoms with Crippen LogP contribution in [0.5, 0.6) is 0 Å². The number of hydrogen-bond donors (Lipinski definition) is 1. The van der Waals surface area contributed by atoms with Gasteiger partial charge in [-0.15, -0.1) is 11.3 Å². The largest absolute Gasteiger partial charge is 0.356 e. The highest BCUT2D eigenvalue weighted by molar-refractivity contribution is 7.13. The van der Waals surface area contributed by atoms with Gasteiger partial charge in [-0.05, 0) is 24.5 Å². The van der Waals surface area contributed by atoms with Crippen LogP contribution in [-0.4, -0.2) is 17.4 Å². The second-order valence-electron chi connectivity index (χ2n) is 5.78. The van der Waals surface area contributed by atoms with Crippen molar-refractivity contribution in [1.82, 2.24) is 10.3 Å². The minimum atomic E-state index is 0.0119. The van der Waals surface area contributed by atoms with Gasteiger partial charge in [0, 0.05) is 30.0 Å². The summed E-state index contributed by atoms with van der Waals surface area (Å²) < 4.78 is 0. The fourth-order valence-electron chi connectivity index (χ4n) is 2.57. The van der Waals surface area contributed by atoms with Crippen molar-refractivity contribution in [2.24, 2.45) is 0 Å². The molecule has 0 aliphatic rings. The molecule has 24 heavy (non-hydrogen) atoms. The van der Waals surface area contributed by atoms with Crippen molar-refractivity contribution in [3.8, 4) is 21.8 Å². The number of benzene rings is 2. The SMILES string of the molecule is CC(=O)NCCc1ccc(-c2csc(-c3ccccc3C)n2)cc1. The van der Waals surface area contributed by atoms with Crippen molar-refractivity contribution in [3.05, 3.63) is 65.0 Å². The summed E-state index contributed by atoms with van der Waals surface area (Å²) in [5.41, 5.74) is 5.77. The van der Waals surface area contributed by atoms with E-state index in [4.69, 9.17) is 4.98 Å². The minimum Gasteiger partial charge on any atom is -0.356 e. The minimum absolute atomic E-state index is 0.0119. The molecule has 2 aromatic carbocycles. The van der Waals surface area contributed by atoms with Gasteiger partial charge in [0.2, 0.25) is 5.91 Å². The number of nitrogens with zero attached hydrogens (tertiary/aromatic N) is 1. The molecule has 1 amide bonds. The number of hydrogen-bond acceptors (Lipinski definition) is 3. The van der Waals surface area contributed by atoms with E-state index in [0.29, 0.717) is 6.54 Å². The number of carbonyl (C=O) groups excluding carboxylic acids is 1. The van der Waals surface area contributed by atoms with E-state index in [0.717, 1.165) is 22.7 Å². The number of nitrogens with one attached hydrogen (secondary N) is 1. The molecule has 0 saturated carbocycles. The zero-order valence-corrected chi connectivity index (χ0v) is 14.7. The smallest absolute Gasteiger partial charge is 0.216 e. The lowest BCUT2D eigenvalue weighted by molar-refractivity contribution is -0.118. The van der Waals surface area contributed by atoms with Gasteiger partial charge in [0.05, 0.1) is 5.69 Å². The third-order valence-electron chi connectivity index (χ3n) is 3.92.